The molecule has 3 aliphatic carbocycles. The van der Waals surface area contributed by atoms with Gasteiger partial charge in [-0.15, -0.1) is 0 Å². The molecule has 4 nitrogen and oxygen atoms in total. The molecule has 4 rings (SSSR count). The largest absolute Gasteiger partial charge is 0.478 e. The number of benzene rings is 1. The van der Waals surface area contributed by atoms with Crippen molar-refractivity contribution in [3.8, 4) is 0 Å². The van der Waals surface area contributed by atoms with Crippen LogP contribution in [0.1, 0.15) is 29.6 Å². The lowest BCUT2D eigenvalue weighted by Gasteiger charge is -2.10. The van der Waals surface area contributed by atoms with E-state index in [0.29, 0.717) is 23.7 Å². The molecule has 110 valence electrons. The molecule has 0 unspecified atom stereocenters. The van der Waals surface area contributed by atoms with Crippen molar-refractivity contribution in [2.45, 2.75) is 19.3 Å². The van der Waals surface area contributed by atoms with E-state index in [9.17, 15) is 14.0 Å². The summed E-state index contributed by atoms with van der Waals surface area (Å²) in [7, 11) is 0. The Morgan fingerprint density at radius 2 is 1.86 bits per heavy atom. The Kier molecular flexibility index (Phi) is 2.62. The molecule has 1 amide bonds. The van der Waals surface area contributed by atoms with Crippen LogP contribution >= 0.6 is 0 Å². The quantitative estimate of drug-likeness (QED) is 0.899. The highest BCUT2D eigenvalue weighted by Crippen LogP contribution is 2.69. The molecule has 5 heteroatoms. The zero-order chi connectivity index (χ0) is 14.7. The van der Waals surface area contributed by atoms with E-state index in [1.165, 1.54) is 31.4 Å². The number of carboxylic acid groups (broad SMARTS) is 1. The average Bonchev–Trinajstić information content (AvgIpc) is 2.90. The molecular weight excluding hydrogens is 273 g/mol. The highest BCUT2D eigenvalue weighted by atomic mass is 19.1. The molecular formula is C16H16FNO3. The van der Waals surface area contributed by atoms with Gasteiger partial charge in [-0.1, -0.05) is 0 Å². The smallest absolute Gasteiger partial charge is 0.335 e. The second kappa shape index (κ2) is 4.29. The molecule has 0 heterocycles. The zero-order valence-electron chi connectivity index (χ0n) is 11.4. The molecule has 1 aromatic carbocycles. The molecule has 4 atom stereocenters. The van der Waals surface area contributed by atoms with Crippen molar-refractivity contribution < 1.29 is 19.1 Å². The van der Waals surface area contributed by atoms with Crippen LogP contribution in [-0.2, 0) is 4.79 Å². The summed E-state index contributed by atoms with van der Waals surface area (Å²) in [5.41, 5.74) is -0.0556. The molecule has 0 saturated heterocycles. The molecule has 0 aliphatic heterocycles. The molecule has 2 N–H and O–H groups in total. The lowest BCUT2D eigenvalue weighted by molar-refractivity contribution is -0.118. The summed E-state index contributed by atoms with van der Waals surface area (Å²) < 4.78 is 13.7. The number of carboxylic acids is 1. The van der Waals surface area contributed by atoms with Crippen LogP contribution in [0.15, 0.2) is 18.2 Å². The topological polar surface area (TPSA) is 66.4 Å². The van der Waals surface area contributed by atoms with Crippen molar-refractivity contribution in [1.82, 2.24) is 0 Å². The third-order valence-electron chi connectivity index (χ3n) is 5.51. The lowest BCUT2D eigenvalue weighted by atomic mass is 10.0. The van der Waals surface area contributed by atoms with Gasteiger partial charge < -0.3 is 10.4 Å². The van der Waals surface area contributed by atoms with Crippen LogP contribution < -0.4 is 5.32 Å². The Morgan fingerprint density at radius 3 is 2.48 bits per heavy atom. The summed E-state index contributed by atoms with van der Waals surface area (Å²) in [5.74, 6) is 0.432. The van der Waals surface area contributed by atoms with E-state index in [-0.39, 0.29) is 23.1 Å². The van der Waals surface area contributed by atoms with Gasteiger partial charge in [-0.25, -0.2) is 9.18 Å². The van der Waals surface area contributed by atoms with Gasteiger partial charge in [-0.3, -0.25) is 4.79 Å². The van der Waals surface area contributed by atoms with Crippen LogP contribution in [0.25, 0.3) is 0 Å². The maximum absolute atomic E-state index is 13.7. The molecule has 0 radical (unpaired) electrons. The van der Waals surface area contributed by atoms with Gasteiger partial charge in [0, 0.05) is 5.92 Å². The predicted molar refractivity (Wildman–Crippen MR) is 73.3 cm³/mol. The SMILES string of the molecule is O=C(O)c1ccc(F)c(NC(=O)C2[C@@H]3[C@H]4CC[C@@H](C4)[C@@H]23)c1. The summed E-state index contributed by atoms with van der Waals surface area (Å²) in [4.78, 5) is 23.2. The van der Waals surface area contributed by atoms with Crippen LogP contribution in [0.3, 0.4) is 0 Å². The van der Waals surface area contributed by atoms with Gasteiger partial charge in [0.25, 0.3) is 0 Å². The van der Waals surface area contributed by atoms with Crippen molar-refractivity contribution in [2.24, 2.45) is 29.6 Å². The standard InChI is InChI=1S/C16H16FNO3/c17-10-4-3-9(16(20)21)6-11(10)18-15(19)14-12-7-1-2-8(5-7)13(12)14/h3-4,6-8,12-14H,1-2,5H2,(H,18,19)(H,20,21)/t7-,8-,12+,13+/m0/s1. The summed E-state index contributed by atoms with van der Waals surface area (Å²) in [6, 6.07) is 3.46. The van der Waals surface area contributed by atoms with E-state index in [0.717, 1.165) is 6.07 Å². The minimum absolute atomic E-state index is 0.00383. The number of carbonyl (C=O) groups is 2. The summed E-state index contributed by atoms with van der Waals surface area (Å²) in [5, 5.41) is 11.5. The fourth-order valence-corrected chi connectivity index (χ4v) is 4.65. The number of halogens is 1. The molecule has 0 spiro atoms. The van der Waals surface area contributed by atoms with Crippen molar-refractivity contribution >= 4 is 17.6 Å². The Hall–Kier alpha value is -1.91. The molecule has 1 aromatic rings. The first-order chi connectivity index (χ1) is 10.1. The Labute approximate surface area is 121 Å². The number of hydrogen-bond donors (Lipinski definition) is 2. The van der Waals surface area contributed by atoms with E-state index in [4.69, 9.17) is 5.11 Å². The third kappa shape index (κ3) is 1.87. The third-order valence-corrected chi connectivity index (χ3v) is 5.51. The Bertz CT molecular complexity index is 628. The minimum atomic E-state index is -1.13. The first-order valence-electron chi connectivity index (χ1n) is 7.40. The van der Waals surface area contributed by atoms with Crippen molar-refractivity contribution in [3.05, 3.63) is 29.6 Å². The highest BCUT2D eigenvalue weighted by Gasteiger charge is 2.67. The Morgan fingerprint density at radius 1 is 1.19 bits per heavy atom. The molecule has 3 aliphatic rings. The number of anilines is 1. The van der Waals surface area contributed by atoms with Crippen molar-refractivity contribution in [3.63, 3.8) is 0 Å². The van der Waals surface area contributed by atoms with E-state index >= 15 is 0 Å². The van der Waals surface area contributed by atoms with Crippen LogP contribution in [0, 0.1) is 35.4 Å². The molecule has 0 aromatic heterocycles. The first kappa shape index (κ1) is 12.8. The van der Waals surface area contributed by atoms with E-state index in [1.807, 2.05) is 0 Å². The number of aromatic carboxylic acids is 1. The first-order valence-corrected chi connectivity index (χ1v) is 7.40. The monoisotopic (exact) mass is 289 g/mol. The summed E-state index contributed by atoms with van der Waals surface area (Å²) in [6.07, 6.45) is 3.69. The highest BCUT2D eigenvalue weighted by molar-refractivity contribution is 5.97. The van der Waals surface area contributed by atoms with Crippen molar-refractivity contribution in [1.29, 1.82) is 0 Å². The van der Waals surface area contributed by atoms with Gasteiger partial charge in [-0.2, -0.15) is 0 Å². The molecule has 21 heavy (non-hydrogen) atoms. The Balaban J connectivity index is 1.51. The van der Waals surface area contributed by atoms with Gasteiger partial charge in [0.15, 0.2) is 0 Å². The lowest BCUT2D eigenvalue weighted by Crippen LogP contribution is -2.19. The van der Waals surface area contributed by atoms with Gasteiger partial charge in [0.05, 0.1) is 11.3 Å². The fraction of sp³-hybridized carbons (Fsp3) is 0.500. The number of fused-ring (bicyclic) bond motifs is 5. The average molecular weight is 289 g/mol. The second-order valence-corrected chi connectivity index (χ2v) is 6.50. The predicted octanol–water partition coefficient (Wildman–Crippen LogP) is 2.75. The van der Waals surface area contributed by atoms with Crippen LogP contribution in [0.4, 0.5) is 10.1 Å². The molecule has 3 saturated carbocycles. The number of rotatable bonds is 3. The van der Waals surface area contributed by atoms with Gasteiger partial charge >= 0.3 is 5.97 Å². The van der Waals surface area contributed by atoms with Gasteiger partial charge in [-0.05, 0) is 61.1 Å². The second-order valence-electron chi connectivity index (χ2n) is 6.50. The molecule has 2 bridgehead atoms. The van der Waals surface area contributed by atoms with Gasteiger partial charge in [0.2, 0.25) is 5.91 Å². The summed E-state index contributed by atoms with van der Waals surface area (Å²) in [6.45, 7) is 0. The normalized spacial score (nSPS) is 35.4. The minimum Gasteiger partial charge on any atom is -0.478 e. The maximum Gasteiger partial charge on any atom is 0.335 e. The number of hydrogen-bond acceptors (Lipinski definition) is 2. The summed E-state index contributed by atoms with van der Waals surface area (Å²) >= 11 is 0. The zero-order valence-corrected chi connectivity index (χ0v) is 11.4. The number of amides is 1. The van der Waals surface area contributed by atoms with Crippen LogP contribution in [-0.4, -0.2) is 17.0 Å². The van der Waals surface area contributed by atoms with Crippen LogP contribution in [0.5, 0.6) is 0 Å². The number of carbonyl (C=O) groups excluding carboxylic acids is 1. The maximum atomic E-state index is 13.7. The van der Waals surface area contributed by atoms with Crippen molar-refractivity contribution in [2.75, 3.05) is 5.32 Å². The fourth-order valence-electron chi connectivity index (χ4n) is 4.65. The van der Waals surface area contributed by atoms with E-state index in [1.54, 1.807) is 0 Å². The van der Waals surface area contributed by atoms with E-state index < -0.39 is 11.8 Å². The molecule has 3 fully saturated rings. The van der Waals surface area contributed by atoms with E-state index in [2.05, 4.69) is 5.32 Å². The number of nitrogens with one attached hydrogen (secondary N) is 1. The van der Waals surface area contributed by atoms with Crippen LogP contribution in [0.2, 0.25) is 0 Å². The van der Waals surface area contributed by atoms with Gasteiger partial charge in [0.1, 0.15) is 5.82 Å².